The van der Waals surface area contributed by atoms with Crippen LogP contribution in [0, 0.1) is 5.92 Å². The Bertz CT molecular complexity index is 312. The van der Waals surface area contributed by atoms with Crippen molar-refractivity contribution in [2.45, 2.75) is 58.5 Å². The molecule has 1 atom stereocenters. The van der Waals surface area contributed by atoms with Crippen molar-refractivity contribution in [3.05, 3.63) is 21.9 Å². The molecule has 0 aliphatic heterocycles. The largest absolute Gasteiger partial charge is 0.309 e. The van der Waals surface area contributed by atoms with E-state index in [4.69, 9.17) is 0 Å². The average Bonchev–Trinajstić information content (AvgIpc) is 2.96. The summed E-state index contributed by atoms with van der Waals surface area (Å²) in [6.45, 7) is 5.67. The maximum atomic E-state index is 3.71. The maximum Gasteiger partial charge on any atom is 0.0305 e. The number of thiophene rings is 1. The van der Waals surface area contributed by atoms with Gasteiger partial charge in [-0.3, -0.25) is 0 Å². The minimum atomic E-state index is 0.689. The molecule has 1 fully saturated rings. The molecule has 2 heteroatoms. The standard InChI is InChI=1S/C14H23NS/c1-3-12-8-9-16-14(12)10-15-11(2)13-6-4-5-7-13/h8-9,11,13,15H,3-7,10H2,1-2H3. The first-order valence-corrected chi connectivity index (χ1v) is 7.48. The number of hydrogen-bond donors (Lipinski definition) is 1. The minimum Gasteiger partial charge on any atom is -0.309 e. The van der Waals surface area contributed by atoms with Crippen molar-refractivity contribution in [2.24, 2.45) is 5.92 Å². The fourth-order valence-corrected chi connectivity index (χ4v) is 3.64. The van der Waals surface area contributed by atoms with Crippen LogP contribution in [0.5, 0.6) is 0 Å². The highest BCUT2D eigenvalue weighted by Gasteiger charge is 2.21. The van der Waals surface area contributed by atoms with Crippen molar-refractivity contribution in [1.82, 2.24) is 5.32 Å². The van der Waals surface area contributed by atoms with Gasteiger partial charge in [-0.1, -0.05) is 19.8 Å². The van der Waals surface area contributed by atoms with Gasteiger partial charge in [-0.05, 0) is 49.1 Å². The van der Waals surface area contributed by atoms with Gasteiger partial charge in [-0.15, -0.1) is 11.3 Å². The molecule has 2 rings (SSSR count). The first-order valence-electron chi connectivity index (χ1n) is 6.60. The van der Waals surface area contributed by atoms with Crippen LogP contribution in [0.25, 0.3) is 0 Å². The second kappa shape index (κ2) is 5.83. The predicted octanol–water partition coefficient (Wildman–Crippen LogP) is 3.98. The molecule has 1 nitrogen and oxygen atoms in total. The monoisotopic (exact) mass is 237 g/mol. The highest BCUT2D eigenvalue weighted by Crippen LogP contribution is 2.28. The first kappa shape index (κ1) is 12.1. The highest BCUT2D eigenvalue weighted by molar-refractivity contribution is 7.10. The van der Waals surface area contributed by atoms with E-state index in [0.717, 1.165) is 12.5 Å². The quantitative estimate of drug-likeness (QED) is 0.817. The molecular formula is C14H23NS. The van der Waals surface area contributed by atoms with Crippen LogP contribution in [-0.4, -0.2) is 6.04 Å². The summed E-state index contributed by atoms with van der Waals surface area (Å²) in [4.78, 5) is 1.53. The van der Waals surface area contributed by atoms with Crippen molar-refractivity contribution in [2.75, 3.05) is 0 Å². The first-order chi connectivity index (χ1) is 7.81. The summed E-state index contributed by atoms with van der Waals surface area (Å²) < 4.78 is 0. The molecule has 0 spiro atoms. The lowest BCUT2D eigenvalue weighted by Crippen LogP contribution is -2.31. The van der Waals surface area contributed by atoms with Gasteiger partial charge in [0, 0.05) is 17.5 Å². The van der Waals surface area contributed by atoms with E-state index in [1.807, 2.05) is 11.3 Å². The van der Waals surface area contributed by atoms with Crippen molar-refractivity contribution in [3.8, 4) is 0 Å². The summed E-state index contributed by atoms with van der Waals surface area (Å²) >= 11 is 1.90. The Hall–Kier alpha value is -0.340. The van der Waals surface area contributed by atoms with E-state index >= 15 is 0 Å². The van der Waals surface area contributed by atoms with E-state index < -0.39 is 0 Å². The summed E-state index contributed by atoms with van der Waals surface area (Å²) in [6.07, 6.45) is 6.91. The lowest BCUT2D eigenvalue weighted by atomic mass is 10.00. The van der Waals surface area contributed by atoms with E-state index in [0.29, 0.717) is 6.04 Å². The number of hydrogen-bond acceptors (Lipinski definition) is 2. The lowest BCUT2D eigenvalue weighted by Gasteiger charge is -2.20. The molecule has 0 saturated heterocycles. The summed E-state index contributed by atoms with van der Waals surface area (Å²) in [5.41, 5.74) is 1.52. The molecule has 1 aliphatic rings. The Labute approximate surface area is 103 Å². The van der Waals surface area contributed by atoms with Crippen LogP contribution in [0.3, 0.4) is 0 Å². The molecule has 90 valence electrons. The third-order valence-corrected chi connectivity index (χ3v) is 4.87. The zero-order chi connectivity index (χ0) is 11.4. The molecule has 1 aromatic heterocycles. The Morgan fingerprint density at radius 1 is 1.44 bits per heavy atom. The predicted molar refractivity (Wildman–Crippen MR) is 72.0 cm³/mol. The molecule has 1 unspecified atom stereocenters. The maximum absolute atomic E-state index is 3.71. The number of rotatable bonds is 5. The van der Waals surface area contributed by atoms with Crippen molar-refractivity contribution >= 4 is 11.3 Å². The molecule has 0 amide bonds. The molecule has 0 aromatic carbocycles. The average molecular weight is 237 g/mol. The van der Waals surface area contributed by atoms with E-state index in [-0.39, 0.29) is 0 Å². The minimum absolute atomic E-state index is 0.689. The van der Waals surface area contributed by atoms with Crippen LogP contribution in [0.15, 0.2) is 11.4 Å². The van der Waals surface area contributed by atoms with Crippen molar-refractivity contribution in [3.63, 3.8) is 0 Å². The molecule has 1 aromatic rings. The van der Waals surface area contributed by atoms with E-state index in [1.54, 1.807) is 0 Å². The van der Waals surface area contributed by atoms with Crippen LogP contribution in [0.4, 0.5) is 0 Å². The molecule has 16 heavy (non-hydrogen) atoms. The van der Waals surface area contributed by atoms with Crippen LogP contribution >= 0.6 is 11.3 Å². The van der Waals surface area contributed by atoms with Crippen molar-refractivity contribution in [1.29, 1.82) is 0 Å². The van der Waals surface area contributed by atoms with Crippen molar-refractivity contribution < 1.29 is 0 Å². The van der Waals surface area contributed by atoms with Crippen LogP contribution < -0.4 is 5.32 Å². The smallest absolute Gasteiger partial charge is 0.0305 e. The van der Waals surface area contributed by atoms with Gasteiger partial charge in [0.05, 0.1) is 0 Å². The van der Waals surface area contributed by atoms with Crippen LogP contribution in [-0.2, 0) is 13.0 Å². The van der Waals surface area contributed by atoms with Gasteiger partial charge in [-0.2, -0.15) is 0 Å². The Morgan fingerprint density at radius 3 is 2.88 bits per heavy atom. The second-order valence-electron chi connectivity index (χ2n) is 4.94. The van der Waals surface area contributed by atoms with Gasteiger partial charge in [0.1, 0.15) is 0 Å². The topological polar surface area (TPSA) is 12.0 Å². The fraction of sp³-hybridized carbons (Fsp3) is 0.714. The molecule has 0 radical (unpaired) electrons. The molecule has 1 aliphatic carbocycles. The summed E-state index contributed by atoms with van der Waals surface area (Å²) in [6, 6.07) is 2.95. The van der Waals surface area contributed by atoms with E-state index in [2.05, 4.69) is 30.6 Å². The summed E-state index contributed by atoms with van der Waals surface area (Å²) in [5.74, 6) is 0.921. The Morgan fingerprint density at radius 2 is 2.19 bits per heavy atom. The fourth-order valence-electron chi connectivity index (χ4n) is 2.71. The highest BCUT2D eigenvalue weighted by atomic mass is 32.1. The Balaban J connectivity index is 1.82. The molecular weight excluding hydrogens is 214 g/mol. The van der Waals surface area contributed by atoms with Gasteiger partial charge < -0.3 is 5.32 Å². The zero-order valence-corrected chi connectivity index (χ0v) is 11.3. The molecule has 0 bridgehead atoms. The van der Waals surface area contributed by atoms with Gasteiger partial charge >= 0.3 is 0 Å². The zero-order valence-electron chi connectivity index (χ0n) is 10.5. The van der Waals surface area contributed by atoms with Gasteiger partial charge in [0.15, 0.2) is 0 Å². The third kappa shape index (κ3) is 2.86. The van der Waals surface area contributed by atoms with Gasteiger partial charge in [-0.25, -0.2) is 0 Å². The van der Waals surface area contributed by atoms with E-state index in [1.165, 1.54) is 42.5 Å². The van der Waals surface area contributed by atoms with Crippen LogP contribution in [0.1, 0.15) is 50.0 Å². The summed E-state index contributed by atoms with van der Waals surface area (Å²) in [7, 11) is 0. The second-order valence-corrected chi connectivity index (χ2v) is 5.94. The molecule has 1 heterocycles. The van der Waals surface area contributed by atoms with E-state index in [9.17, 15) is 0 Å². The number of aryl methyl sites for hydroxylation is 1. The number of nitrogens with one attached hydrogen (secondary N) is 1. The van der Waals surface area contributed by atoms with Crippen LogP contribution in [0.2, 0.25) is 0 Å². The van der Waals surface area contributed by atoms with Gasteiger partial charge in [0.25, 0.3) is 0 Å². The van der Waals surface area contributed by atoms with Gasteiger partial charge in [0.2, 0.25) is 0 Å². The normalized spacial score (nSPS) is 19.1. The summed E-state index contributed by atoms with van der Waals surface area (Å²) in [5, 5.41) is 5.93. The SMILES string of the molecule is CCc1ccsc1CNC(C)C1CCCC1. The third-order valence-electron chi connectivity index (χ3n) is 3.91. The lowest BCUT2D eigenvalue weighted by molar-refractivity contribution is 0.381. The Kier molecular flexibility index (Phi) is 4.42. The molecule has 1 saturated carbocycles. The molecule has 1 N–H and O–H groups in total.